The van der Waals surface area contributed by atoms with Gasteiger partial charge in [-0.1, -0.05) is 13.0 Å². The minimum atomic E-state index is -0.909. The summed E-state index contributed by atoms with van der Waals surface area (Å²) in [7, 11) is 0. The monoisotopic (exact) mass is 307 g/mol. The number of nitrogens with zero attached hydrogens (tertiary/aromatic N) is 1. The van der Waals surface area contributed by atoms with E-state index < -0.39 is 5.97 Å². The summed E-state index contributed by atoms with van der Waals surface area (Å²) >= 11 is 0. The number of aromatic amines is 2. The minimum absolute atomic E-state index is 0.295. The number of fused-ring (bicyclic) bond motifs is 3. The van der Waals surface area contributed by atoms with Gasteiger partial charge in [-0.05, 0) is 48.8 Å². The van der Waals surface area contributed by atoms with Crippen molar-refractivity contribution in [2.24, 2.45) is 11.3 Å². The third kappa shape index (κ3) is 1.79. The SMILES string of the molecule is C[C@@]12Cc3[nH]nc(-c4cc5ccc(C(=O)O)cc5[nH]4)c3C[C@@H]1C2. The molecule has 1 aromatic carbocycles. The Balaban J connectivity index is 1.60. The number of carboxylic acid groups (broad SMARTS) is 1. The van der Waals surface area contributed by atoms with Gasteiger partial charge in [-0.25, -0.2) is 4.79 Å². The standard InChI is InChI=1S/C18H17N3O2/c1-18-7-11(18)6-12-15(8-18)20-21-16(12)14-4-9-2-3-10(17(22)23)5-13(9)19-14/h2-5,11,19H,6-8H2,1H3,(H,20,21)(H,22,23)/t11-,18-/m1/s1. The molecular formula is C18H17N3O2. The van der Waals surface area contributed by atoms with E-state index in [1.807, 2.05) is 6.07 Å². The van der Waals surface area contributed by atoms with Crippen LogP contribution in [-0.2, 0) is 12.8 Å². The lowest BCUT2D eigenvalue weighted by molar-refractivity contribution is 0.0697. The maximum Gasteiger partial charge on any atom is 0.335 e. The number of aromatic nitrogens is 3. The molecule has 0 saturated heterocycles. The van der Waals surface area contributed by atoms with Gasteiger partial charge in [0.05, 0.1) is 11.3 Å². The van der Waals surface area contributed by atoms with Crippen molar-refractivity contribution in [3.05, 3.63) is 41.1 Å². The Kier molecular flexibility index (Phi) is 2.27. The molecule has 2 heterocycles. The van der Waals surface area contributed by atoms with E-state index in [1.54, 1.807) is 12.1 Å². The second-order valence-corrected chi connectivity index (χ2v) is 7.26. The summed E-state index contributed by atoms with van der Waals surface area (Å²) in [4.78, 5) is 14.4. The van der Waals surface area contributed by atoms with E-state index in [2.05, 4.69) is 28.2 Å². The number of benzene rings is 1. The van der Waals surface area contributed by atoms with Crippen molar-refractivity contribution in [3.8, 4) is 11.4 Å². The highest BCUT2D eigenvalue weighted by Gasteiger charge is 2.53. The quantitative estimate of drug-likeness (QED) is 0.679. The Morgan fingerprint density at radius 2 is 2.26 bits per heavy atom. The molecule has 5 heteroatoms. The molecule has 0 bridgehead atoms. The van der Waals surface area contributed by atoms with Gasteiger partial charge >= 0.3 is 5.97 Å². The number of carboxylic acids is 1. The van der Waals surface area contributed by atoms with Gasteiger partial charge in [-0.2, -0.15) is 5.10 Å². The average Bonchev–Trinajstić information content (AvgIpc) is 2.84. The van der Waals surface area contributed by atoms with Gasteiger partial charge in [0.25, 0.3) is 0 Å². The zero-order valence-corrected chi connectivity index (χ0v) is 12.8. The summed E-state index contributed by atoms with van der Waals surface area (Å²) in [6.07, 6.45) is 3.49. The average molecular weight is 307 g/mol. The molecule has 2 aliphatic rings. The van der Waals surface area contributed by atoms with Crippen molar-refractivity contribution < 1.29 is 9.90 Å². The number of hydrogen-bond acceptors (Lipinski definition) is 2. The fourth-order valence-electron chi connectivity index (χ4n) is 4.07. The molecule has 1 fully saturated rings. The molecule has 5 nitrogen and oxygen atoms in total. The zero-order chi connectivity index (χ0) is 15.8. The summed E-state index contributed by atoms with van der Waals surface area (Å²) < 4.78 is 0. The zero-order valence-electron chi connectivity index (χ0n) is 12.8. The molecule has 3 N–H and O–H groups in total. The molecule has 0 aliphatic heterocycles. The van der Waals surface area contributed by atoms with Gasteiger partial charge in [0.2, 0.25) is 0 Å². The van der Waals surface area contributed by atoms with Crippen LogP contribution in [0.4, 0.5) is 0 Å². The minimum Gasteiger partial charge on any atom is -0.478 e. The maximum atomic E-state index is 11.1. The molecular weight excluding hydrogens is 290 g/mol. The van der Waals surface area contributed by atoms with Crippen molar-refractivity contribution in [2.75, 3.05) is 0 Å². The summed E-state index contributed by atoms with van der Waals surface area (Å²) in [5.41, 5.74) is 6.16. The molecule has 2 aliphatic carbocycles. The first-order valence-electron chi connectivity index (χ1n) is 7.96. The third-order valence-electron chi connectivity index (χ3n) is 5.65. The van der Waals surface area contributed by atoms with Crippen LogP contribution in [0.5, 0.6) is 0 Å². The Hall–Kier alpha value is -2.56. The van der Waals surface area contributed by atoms with E-state index in [1.165, 1.54) is 17.7 Å². The molecule has 0 radical (unpaired) electrons. The molecule has 116 valence electrons. The number of hydrogen-bond donors (Lipinski definition) is 3. The highest BCUT2D eigenvalue weighted by atomic mass is 16.4. The van der Waals surface area contributed by atoms with Crippen molar-refractivity contribution in [1.82, 2.24) is 15.2 Å². The Morgan fingerprint density at radius 1 is 1.39 bits per heavy atom. The van der Waals surface area contributed by atoms with Crippen LogP contribution in [0.15, 0.2) is 24.3 Å². The van der Waals surface area contributed by atoms with Gasteiger partial charge in [0, 0.05) is 22.2 Å². The van der Waals surface area contributed by atoms with Crippen LogP contribution in [-0.4, -0.2) is 26.3 Å². The number of H-pyrrole nitrogens is 2. The molecule has 2 aromatic heterocycles. The first kappa shape index (κ1) is 12.9. The van der Waals surface area contributed by atoms with Crippen molar-refractivity contribution >= 4 is 16.9 Å². The Labute approximate surface area is 132 Å². The lowest BCUT2D eigenvalue weighted by Crippen LogP contribution is -2.13. The molecule has 0 unspecified atom stereocenters. The summed E-state index contributed by atoms with van der Waals surface area (Å²) in [5, 5.41) is 17.9. The van der Waals surface area contributed by atoms with Gasteiger partial charge in [0.1, 0.15) is 5.69 Å². The van der Waals surface area contributed by atoms with E-state index in [0.29, 0.717) is 11.0 Å². The van der Waals surface area contributed by atoms with Crippen molar-refractivity contribution in [1.29, 1.82) is 0 Å². The van der Waals surface area contributed by atoms with E-state index in [4.69, 9.17) is 5.11 Å². The van der Waals surface area contributed by atoms with Gasteiger partial charge < -0.3 is 10.1 Å². The lowest BCUT2D eigenvalue weighted by atomic mass is 9.87. The molecule has 2 atom stereocenters. The smallest absolute Gasteiger partial charge is 0.335 e. The van der Waals surface area contributed by atoms with Crippen LogP contribution in [0.25, 0.3) is 22.3 Å². The van der Waals surface area contributed by atoms with Crippen molar-refractivity contribution in [3.63, 3.8) is 0 Å². The fraction of sp³-hybridized carbons (Fsp3) is 0.333. The molecule has 0 spiro atoms. The predicted octanol–water partition coefficient (Wildman–Crippen LogP) is 3.38. The highest BCUT2D eigenvalue weighted by molar-refractivity contribution is 5.94. The fourth-order valence-corrected chi connectivity index (χ4v) is 4.07. The van der Waals surface area contributed by atoms with E-state index in [9.17, 15) is 4.79 Å². The summed E-state index contributed by atoms with van der Waals surface area (Å²) in [6, 6.07) is 7.21. The first-order chi connectivity index (χ1) is 11.0. The second-order valence-electron chi connectivity index (χ2n) is 7.26. The largest absolute Gasteiger partial charge is 0.478 e. The third-order valence-corrected chi connectivity index (χ3v) is 5.65. The van der Waals surface area contributed by atoms with E-state index >= 15 is 0 Å². The topological polar surface area (TPSA) is 81.8 Å². The number of rotatable bonds is 2. The Morgan fingerprint density at radius 3 is 3.09 bits per heavy atom. The van der Waals surface area contributed by atoms with Crippen LogP contribution in [0, 0.1) is 11.3 Å². The number of carbonyl (C=O) groups is 1. The number of aromatic carboxylic acids is 1. The first-order valence-corrected chi connectivity index (χ1v) is 7.96. The van der Waals surface area contributed by atoms with Crippen LogP contribution in [0.1, 0.15) is 35.0 Å². The molecule has 23 heavy (non-hydrogen) atoms. The predicted molar refractivity (Wildman–Crippen MR) is 86.5 cm³/mol. The molecule has 5 rings (SSSR count). The van der Waals surface area contributed by atoms with Gasteiger partial charge in [-0.15, -0.1) is 0 Å². The van der Waals surface area contributed by atoms with Crippen LogP contribution in [0.2, 0.25) is 0 Å². The van der Waals surface area contributed by atoms with E-state index in [-0.39, 0.29) is 0 Å². The molecule has 3 aromatic rings. The molecule has 1 saturated carbocycles. The summed E-state index contributed by atoms with van der Waals surface area (Å²) in [6.45, 7) is 2.36. The summed E-state index contributed by atoms with van der Waals surface area (Å²) in [5.74, 6) is -0.123. The highest BCUT2D eigenvalue weighted by Crippen LogP contribution is 2.59. The second kappa shape index (κ2) is 4.04. The maximum absolute atomic E-state index is 11.1. The van der Waals surface area contributed by atoms with Crippen LogP contribution >= 0.6 is 0 Å². The van der Waals surface area contributed by atoms with Crippen LogP contribution < -0.4 is 0 Å². The molecule has 0 amide bonds. The normalized spacial score (nSPS) is 25.2. The van der Waals surface area contributed by atoms with Crippen LogP contribution in [0.3, 0.4) is 0 Å². The van der Waals surface area contributed by atoms with E-state index in [0.717, 1.165) is 41.1 Å². The number of nitrogens with one attached hydrogen (secondary N) is 2. The Bertz CT molecular complexity index is 968. The van der Waals surface area contributed by atoms with Gasteiger partial charge in [0.15, 0.2) is 0 Å². The lowest BCUT2D eigenvalue weighted by Gasteiger charge is -2.17. The van der Waals surface area contributed by atoms with Crippen molar-refractivity contribution in [2.45, 2.75) is 26.2 Å². The van der Waals surface area contributed by atoms with Gasteiger partial charge in [-0.3, -0.25) is 5.10 Å².